The molecule has 1 aromatic carbocycles. The molecule has 0 saturated carbocycles. The van der Waals surface area contributed by atoms with Crippen LogP contribution in [0.2, 0.25) is 10.0 Å². The van der Waals surface area contributed by atoms with E-state index in [1.54, 1.807) is 37.6 Å². The molecule has 2 aliphatic heterocycles. The molecule has 15 heteroatoms. The highest BCUT2D eigenvalue weighted by atomic mass is 35.5. The molecule has 2 saturated heterocycles. The number of aromatic nitrogens is 4. The highest BCUT2D eigenvalue weighted by Gasteiger charge is 2.23. The molecule has 12 nitrogen and oxygen atoms in total. The first-order valence-corrected chi connectivity index (χ1v) is 16.3. The van der Waals surface area contributed by atoms with E-state index in [1.807, 2.05) is 12.1 Å². The van der Waals surface area contributed by atoms with Crippen LogP contribution in [0.3, 0.4) is 0 Å². The molecular formula is C33H34Cl2FN9O3. The van der Waals surface area contributed by atoms with E-state index >= 15 is 4.39 Å². The van der Waals surface area contributed by atoms with Gasteiger partial charge in [0.2, 0.25) is 17.7 Å². The normalized spacial score (nSPS) is 17.3. The van der Waals surface area contributed by atoms with Gasteiger partial charge in [-0.25, -0.2) is 19.3 Å². The molecule has 0 bridgehead atoms. The molecule has 2 fully saturated rings. The molecule has 2 atom stereocenters. The number of anilines is 2. The third-order valence-corrected chi connectivity index (χ3v) is 9.02. The smallest absolute Gasteiger partial charge is 0.220 e. The van der Waals surface area contributed by atoms with Crippen LogP contribution in [0, 0.1) is 5.82 Å². The van der Waals surface area contributed by atoms with E-state index < -0.39 is 5.82 Å². The second kappa shape index (κ2) is 15.2. The minimum atomic E-state index is -0.621. The summed E-state index contributed by atoms with van der Waals surface area (Å²) in [5, 5.41) is 15.9. The molecule has 5 heterocycles. The average Bonchev–Trinajstić information content (AvgIpc) is 3.70. The zero-order valence-electron chi connectivity index (χ0n) is 26.1. The van der Waals surface area contributed by atoms with Gasteiger partial charge in [-0.1, -0.05) is 41.4 Å². The number of amides is 2. The van der Waals surface area contributed by atoms with Crippen LogP contribution in [-0.2, 0) is 22.7 Å². The maximum atomic E-state index is 15.4. The van der Waals surface area contributed by atoms with Crippen LogP contribution >= 0.6 is 23.2 Å². The van der Waals surface area contributed by atoms with Crippen LogP contribution in [0.1, 0.15) is 36.9 Å². The standard InChI is InChI=1S/C33H34Cl2FN9O3/c1-48-33-18(13-37-14-19-6-9-26(46)42-19)5-8-23(45-33)21-11-12-39-31(29(21)35)22-3-2-4-24(28(22)34)44-32-30(36)25(40-17-41-32)16-38-15-20-7-10-27(47)43-20/h2-5,8,11-12,17,19-20,37-38H,6-7,9-10,13-16H2,1H3,(H,42,46)(H,43,47)(H,40,41,44)/t19-,20-/m0/s1. The summed E-state index contributed by atoms with van der Waals surface area (Å²) in [6.45, 7) is 1.82. The Bertz CT molecular complexity index is 1830. The molecule has 4 aromatic rings. The van der Waals surface area contributed by atoms with Crippen molar-refractivity contribution in [2.75, 3.05) is 25.5 Å². The Labute approximate surface area is 286 Å². The number of methoxy groups -OCH3 is 1. The van der Waals surface area contributed by atoms with E-state index in [9.17, 15) is 9.59 Å². The number of rotatable bonds is 13. The van der Waals surface area contributed by atoms with Gasteiger partial charge in [-0.15, -0.1) is 0 Å². The fourth-order valence-electron chi connectivity index (χ4n) is 5.72. The van der Waals surface area contributed by atoms with E-state index in [2.05, 4.69) is 41.5 Å². The topological polar surface area (TPSA) is 155 Å². The Morgan fingerprint density at radius 3 is 2.31 bits per heavy atom. The number of hydrogen-bond donors (Lipinski definition) is 5. The summed E-state index contributed by atoms with van der Waals surface area (Å²) in [7, 11) is 1.56. The lowest BCUT2D eigenvalue weighted by atomic mass is 10.1. The lowest BCUT2D eigenvalue weighted by Gasteiger charge is -2.16. The highest BCUT2D eigenvalue weighted by molar-refractivity contribution is 6.39. The number of benzene rings is 1. The van der Waals surface area contributed by atoms with Crippen molar-refractivity contribution in [1.82, 2.24) is 41.2 Å². The average molecular weight is 695 g/mol. The summed E-state index contributed by atoms with van der Waals surface area (Å²) < 4.78 is 21.0. The first-order valence-electron chi connectivity index (χ1n) is 15.5. The quantitative estimate of drug-likeness (QED) is 0.135. The van der Waals surface area contributed by atoms with Crippen LogP contribution in [0.15, 0.2) is 48.9 Å². The summed E-state index contributed by atoms with van der Waals surface area (Å²) in [4.78, 5) is 40.3. The summed E-state index contributed by atoms with van der Waals surface area (Å²) in [5.74, 6) is -0.117. The molecular weight excluding hydrogens is 660 g/mol. The number of pyridine rings is 2. The van der Waals surface area contributed by atoms with Gasteiger partial charge in [-0.05, 0) is 31.0 Å². The van der Waals surface area contributed by atoms with Crippen molar-refractivity contribution >= 4 is 46.5 Å². The zero-order valence-corrected chi connectivity index (χ0v) is 27.6. The van der Waals surface area contributed by atoms with E-state index in [0.29, 0.717) is 71.6 Å². The second-order valence-electron chi connectivity index (χ2n) is 11.5. The zero-order chi connectivity index (χ0) is 33.6. The van der Waals surface area contributed by atoms with Gasteiger partial charge >= 0.3 is 0 Å². The van der Waals surface area contributed by atoms with Crippen LogP contribution in [-0.4, -0.2) is 64.0 Å². The van der Waals surface area contributed by atoms with Gasteiger partial charge in [-0.2, -0.15) is 0 Å². The number of carbonyl (C=O) groups excluding carboxylic acids is 2. The van der Waals surface area contributed by atoms with Gasteiger partial charge in [0.25, 0.3) is 0 Å². The fraction of sp³-hybridized carbons (Fsp3) is 0.333. The number of carbonyl (C=O) groups is 2. The first-order chi connectivity index (χ1) is 23.3. The summed E-state index contributed by atoms with van der Waals surface area (Å²) in [6.07, 6.45) is 5.49. The van der Waals surface area contributed by atoms with E-state index in [1.165, 1.54) is 6.33 Å². The highest BCUT2D eigenvalue weighted by Crippen LogP contribution is 2.40. The third kappa shape index (κ3) is 7.65. The molecule has 6 rings (SSSR count). The predicted octanol–water partition coefficient (Wildman–Crippen LogP) is 4.54. The summed E-state index contributed by atoms with van der Waals surface area (Å²) >= 11 is 13.8. The van der Waals surface area contributed by atoms with E-state index in [4.69, 9.17) is 32.9 Å². The Hall–Kier alpha value is -4.43. The Morgan fingerprint density at radius 1 is 0.896 bits per heavy atom. The minimum Gasteiger partial charge on any atom is -0.481 e. The molecule has 0 spiro atoms. The summed E-state index contributed by atoms with van der Waals surface area (Å²) in [5.41, 5.74) is 3.58. The predicted molar refractivity (Wildman–Crippen MR) is 180 cm³/mol. The van der Waals surface area contributed by atoms with Gasteiger partial charge in [-0.3, -0.25) is 14.6 Å². The molecule has 5 N–H and O–H groups in total. The van der Waals surface area contributed by atoms with Crippen molar-refractivity contribution in [1.29, 1.82) is 0 Å². The fourth-order valence-corrected chi connectivity index (χ4v) is 6.30. The lowest BCUT2D eigenvalue weighted by molar-refractivity contribution is -0.120. The number of nitrogens with one attached hydrogen (secondary N) is 5. The van der Waals surface area contributed by atoms with Gasteiger partial charge in [0.1, 0.15) is 6.33 Å². The minimum absolute atomic E-state index is 0.0128. The van der Waals surface area contributed by atoms with Crippen molar-refractivity contribution in [3.8, 4) is 28.4 Å². The van der Waals surface area contributed by atoms with E-state index in [-0.39, 0.29) is 47.0 Å². The lowest BCUT2D eigenvalue weighted by Crippen LogP contribution is -2.35. The Balaban J connectivity index is 1.17. The maximum Gasteiger partial charge on any atom is 0.220 e. The molecule has 48 heavy (non-hydrogen) atoms. The first kappa shape index (κ1) is 33.5. The molecule has 2 amide bonds. The number of hydrogen-bond acceptors (Lipinski definition) is 10. The summed E-state index contributed by atoms with van der Waals surface area (Å²) in [6, 6.07) is 10.9. The SMILES string of the molecule is COc1nc(-c2ccnc(-c3cccc(Nc4ncnc(CNC[C@@H]5CCC(=O)N5)c4F)c3Cl)c2Cl)ccc1CNC[C@@H]1CCC(=O)N1. The van der Waals surface area contributed by atoms with Gasteiger partial charge in [0, 0.05) is 74.0 Å². The van der Waals surface area contributed by atoms with Crippen molar-refractivity contribution in [3.05, 3.63) is 76.0 Å². The molecule has 250 valence electrons. The van der Waals surface area contributed by atoms with Gasteiger partial charge in [0.05, 0.1) is 39.9 Å². The van der Waals surface area contributed by atoms with Crippen molar-refractivity contribution in [2.24, 2.45) is 0 Å². The third-order valence-electron chi connectivity index (χ3n) is 8.23. The van der Waals surface area contributed by atoms with Crippen LogP contribution in [0.4, 0.5) is 15.9 Å². The second-order valence-corrected chi connectivity index (χ2v) is 12.3. The molecule has 3 aromatic heterocycles. The largest absolute Gasteiger partial charge is 0.481 e. The Morgan fingerprint density at radius 2 is 1.62 bits per heavy atom. The molecule has 0 aliphatic carbocycles. The van der Waals surface area contributed by atoms with Gasteiger partial charge < -0.3 is 31.3 Å². The van der Waals surface area contributed by atoms with E-state index in [0.717, 1.165) is 18.4 Å². The molecule has 2 aliphatic rings. The number of nitrogens with zero attached hydrogens (tertiary/aromatic N) is 4. The molecule has 0 radical (unpaired) electrons. The number of ether oxygens (including phenoxy) is 1. The van der Waals surface area contributed by atoms with Gasteiger partial charge in [0.15, 0.2) is 11.6 Å². The Kier molecular flexibility index (Phi) is 10.6. The van der Waals surface area contributed by atoms with Crippen LogP contribution in [0.25, 0.3) is 22.5 Å². The van der Waals surface area contributed by atoms with Crippen molar-refractivity contribution in [3.63, 3.8) is 0 Å². The van der Waals surface area contributed by atoms with Crippen LogP contribution in [0.5, 0.6) is 5.88 Å². The maximum absolute atomic E-state index is 15.4. The van der Waals surface area contributed by atoms with Crippen molar-refractivity contribution < 1.29 is 18.7 Å². The monoisotopic (exact) mass is 693 g/mol. The van der Waals surface area contributed by atoms with Crippen LogP contribution < -0.4 is 31.3 Å². The molecule has 0 unspecified atom stereocenters. The van der Waals surface area contributed by atoms with Crippen molar-refractivity contribution in [2.45, 2.75) is 50.9 Å². The number of halogens is 3.